The molecule has 0 aliphatic rings. The molecular weight excluding hydrogens is 336 g/mol. The van der Waals surface area contributed by atoms with E-state index in [4.69, 9.17) is 0 Å². The van der Waals surface area contributed by atoms with E-state index in [1.165, 1.54) is 6.07 Å². The average molecular weight is 354 g/mol. The zero-order chi connectivity index (χ0) is 15.6. The Kier molecular flexibility index (Phi) is 5.12. The van der Waals surface area contributed by atoms with E-state index in [2.05, 4.69) is 21.2 Å². The van der Waals surface area contributed by atoms with Gasteiger partial charge in [0.15, 0.2) is 0 Å². The van der Waals surface area contributed by atoms with Gasteiger partial charge in [-0.3, -0.25) is 0 Å². The van der Waals surface area contributed by atoms with Crippen LogP contribution in [0.2, 0.25) is 0 Å². The quantitative estimate of drug-likeness (QED) is 0.796. The molecule has 21 heavy (non-hydrogen) atoms. The minimum atomic E-state index is -0.268. The standard InChI is InChI=1S/C17H18BrF2N/c1-10-6-13(7-11(2)17(10)20)9-21-12(3)14-4-5-16(19)15(18)8-14/h4-8,12,21H,9H2,1-3H3. The Labute approximate surface area is 132 Å². The molecule has 2 aromatic rings. The summed E-state index contributed by atoms with van der Waals surface area (Å²) in [5.41, 5.74) is 3.35. The first-order chi connectivity index (χ1) is 9.88. The maximum absolute atomic E-state index is 13.6. The molecule has 0 radical (unpaired) electrons. The third-order valence-corrected chi connectivity index (χ3v) is 4.16. The van der Waals surface area contributed by atoms with E-state index in [1.807, 2.05) is 19.1 Å². The van der Waals surface area contributed by atoms with Crippen LogP contribution >= 0.6 is 15.9 Å². The molecule has 1 atom stereocenters. The number of nitrogens with one attached hydrogen (secondary N) is 1. The molecule has 4 heteroatoms. The molecule has 1 N–H and O–H groups in total. The highest BCUT2D eigenvalue weighted by Crippen LogP contribution is 2.22. The van der Waals surface area contributed by atoms with Gasteiger partial charge in [0.05, 0.1) is 4.47 Å². The van der Waals surface area contributed by atoms with Gasteiger partial charge in [0.25, 0.3) is 0 Å². The molecule has 0 saturated heterocycles. The average Bonchev–Trinajstić information content (AvgIpc) is 2.44. The molecule has 0 fully saturated rings. The van der Waals surface area contributed by atoms with Crippen molar-refractivity contribution in [1.82, 2.24) is 5.32 Å². The van der Waals surface area contributed by atoms with Crippen LogP contribution in [0.4, 0.5) is 8.78 Å². The van der Waals surface area contributed by atoms with Gasteiger partial charge in [-0.1, -0.05) is 18.2 Å². The summed E-state index contributed by atoms with van der Waals surface area (Å²) in [6.07, 6.45) is 0. The maximum atomic E-state index is 13.6. The van der Waals surface area contributed by atoms with Crippen LogP contribution in [0, 0.1) is 25.5 Å². The Morgan fingerprint density at radius 1 is 1.10 bits per heavy atom. The third-order valence-electron chi connectivity index (χ3n) is 3.55. The van der Waals surface area contributed by atoms with Crippen LogP contribution in [0.5, 0.6) is 0 Å². The summed E-state index contributed by atoms with van der Waals surface area (Å²) in [4.78, 5) is 0. The van der Waals surface area contributed by atoms with Crippen LogP contribution in [0.15, 0.2) is 34.8 Å². The first-order valence-electron chi connectivity index (χ1n) is 6.82. The van der Waals surface area contributed by atoms with E-state index in [0.717, 1.165) is 11.1 Å². The van der Waals surface area contributed by atoms with Crippen LogP contribution in [-0.4, -0.2) is 0 Å². The first-order valence-corrected chi connectivity index (χ1v) is 7.61. The van der Waals surface area contributed by atoms with E-state index in [-0.39, 0.29) is 17.7 Å². The lowest BCUT2D eigenvalue weighted by molar-refractivity contribution is 0.566. The molecule has 1 nitrogen and oxygen atoms in total. The van der Waals surface area contributed by atoms with Crippen molar-refractivity contribution < 1.29 is 8.78 Å². The Balaban J connectivity index is 2.07. The summed E-state index contributed by atoms with van der Waals surface area (Å²) >= 11 is 3.19. The maximum Gasteiger partial charge on any atom is 0.137 e. The number of benzene rings is 2. The molecule has 0 amide bonds. The monoisotopic (exact) mass is 353 g/mol. The second kappa shape index (κ2) is 6.67. The van der Waals surface area contributed by atoms with Crippen molar-refractivity contribution in [2.24, 2.45) is 0 Å². The molecule has 112 valence electrons. The smallest absolute Gasteiger partial charge is 0.137 e. The fourth-order valence-electron chi connectivity index (χ4n) is 2.31. The normalized spacial score (nSPS) is 12.5. The fraction of sp³-hybridized carbons (Fsp3) is 0.294. The molecule has 0 aliphatic heterocycles. The van der Waals surface area contributed by atoms with Crippen LogP contribution in [-0.2, 0) is 6.54 Å². The van der Waals surface area contributed by atoms with Crippen molar-refractivity contribution >= 4 is 15.9 Å². The summed E-state index contributed by atoms with van der Waals surface area (Å²) in [5.74, 6) is -0.412. The lowest BCUT2D eigenvalue weighted by Crippen LogP contribution is -2.18. The Morgan fingerprint density at radius 3 is 2.29 bits per heavy atom. The van der Waals surface area contributed by atoms with E-state index in [9.17, 15) is 8.78 Å². The van der Waals surface area contributed by atoms with Gasteiger partial charge in [-0.05, 0) is 71.1 Å². The summed E-state index contributed by atoms with van der Waals surface area (Å²) in [6.45, 7) is 6.19. The van der Waals surface area contributed by atoms with Crippen molar-refractivity contribution in [1.29, 1.82) is 0 Å². The second-order valence-electron chi connectivity index (χ2n) is 5.32. The molecule has 0 heterocycles. The van der Waals surface area contributed by atoms with Crippen LogP contribution in [0.1, 0.15) is 35.2 Å². The highest BCUT2D eigenvalue weighted by molar-refractivity contribution is 9.10. The Bertz CT molecular complexity index is 632. The molecule has 0 saturated carbocycles. The highest BCUT2D eigenvalue weighted by atomic mass is 79.9. The number of hydrogen-bond acceptors (Lipinski definition) is 1. The van der Waals surface area contributed by atoms with Crippen LogP contribution < -0.4 is 5.32 Å². The number of aryl methyl sites for hydroxylation is 2. The number of halogens is 3. The summed E-state index contributed by atoms with van der Waals surface area (Å²) in [5, 5.41) is 3.37. The minimum absolute atomic E-state index is 0.0764. The highest BCUT2D eigenvalue weighted by Gasteiger charge is 2.09. The molecule has 0 aliphatic carbocycles. The minimum Gasteiger partial charge on any atom is -0.306 e. The predicted octanol–water partition coefficient (Wildman–Crippen LogP) is 5.19. The van der Waals surface area contributed by atoms with Crippen LogP contribution in [0.25, 0.3) is 0 Å². The van der Waals surface area contributed by atoms with Gasteiger partial charge in [0, 0.05) is 12.6 Å². The van der Waals surface area contributed by atoms with Crippen molar-refractivity contribution in [2.45, 2.75) is 33.4 Å². The van der Waals surface area contributed by atoms with E-state index < -0.39 is 0 Å². The second-order valence-corrected chi connectivity index (χ2v) is 6.17. The first kappa shape index (κ1) is 16.1. The fourth-order valence-corrected chi connectivity index (χ4v) is 2.70. The molecule has 0 spiro atoms. The van der Waals surface area contributed by atoms with Crippen molar-refractivity contribution in [3.63, 3.8) is 0 Å². The van der Waals surface area contributed by atoms with Gasteiger partial charge >= 0.3 is 0 Å². The zero-order valence-corrected chi connectivity index (χ0v) is 13.9. The molecule has 0 aromatic heterocycles. The number of rotatable bonds is 4. The Morgan fingerprint density at radius 2 is 1.71 bits per heavy atom. The lowest BCUT2D eigenvalue weighted by atomic mass is 10.0. The molecule has 1 unspecified atom stereocenters. The van der Waals surface area contributed by atoms with Gasteiger partial charge < -0.3 is 5.32 Å². The SMILES string of the molecule is Cc1cc(CNC(C)c2ccc(F)c(Br)c2)cc(C)c1F. The number of hydrogen-bond donors (Lipinski definition) is 1. The molecule has 2 aromatic carbocycles. The third kappa shape index (κ3) is 3.89. The van der Waals surface area contributed by atoms with Gasteiger partial charge in [-0.15, -0.1) is 0 Å². The van der Waals surface area contributed by atoms with Crippen molar-refractivity contribution in [2.75, 3.05) is 0 Å². The van der Waals surface area contributed by atoms with E-state index >= 15 is 0 Å². The topological polar surface area (TPSA) is 12.0 Å². The summed E-state index contributed by atoms with van der Waals surface area (Å²) in [7, 11) is 0. The van der Waals surface area contributed by atoms with Crippen LogP contribution in [0.3, 0.4) is 0 Å². The van der Waals surface area contributed by atoms with Gasteiger partial charge in [0.1, 0.15) is 11.6 Å². The van der Waals surface area contributed by atoms with Crippen molar-refractivity contribution in [3.8, 4) is 0 Å². The lowest BCUT2D eigenvalue weighted by Gasteiger charge is -2.16. The molecule has 2 rings (SSSR count). The van der Waals surface area contributed by atoms with Gasteiger partial charge in [-0.2, -0.15) is 0 Å². The largest absolute Gasteiger partial charge is 0.306 e. The summed E-state index contributed by atoms with van der Waals surface area (Å²) < 4.78 is 27.3. The van der Waals surface area contributed by atoms with Crippen molar-refractivity contribution in [3.05, 3.63) is 68.7 Å². The van der Waals surface area contributed by atoms with E-state index in [0.29, 0.717) is 22.1 Å². The summed E-state index contributed by atoms with van der Waals surface area (Å²) in [6, 6.07) is 8.76. The zero-order valence-electron chi connectivity index (χ0n) is 12.3. The van der Waals surface area contributed by atoms with Gasteiger partial charge in [-0.25, -0.2) is 8.78 Å². The molecular formula is C17H18BrF2N. The van der Waals surface area contributed by atoms with Gasteiger partial charge in [0.2, 0.25) is 0 Å². The Hall–Kier alpha value is -1.26. The van der Waals surface area contributed by atoms with E-state index in [1.54, 1.807) is 26.0 Å². The predicted molar refractivity (Wildman–Crippen MR) is 85.2 cm³/mol. The molecule has 0 bridgehead atoms.